The summed E-state index contributed by atoms with van der Waals surface area (Å²) in [6.07, 6.45) is 0.659. The Morgan fingerprint density at radius 1 is 1.08 bits per heavy atom. The van der Waals surface area contributed by atoms with Gasteiger partial charge in [-0.1, -0.05) is 25.1 Å². The first-order valence-corrected chi connectivity index (χ1v) is 12.0. The average molecular weight is 492 g/mol. The van der Waals surface area contributed by atoms with E-state index in [1.165, 1.54) is 4.90 Å². The Bertz CT molecular complexity index is 1320. The van der Waals surface area contributed by atoms with Crippen molar-refractivity contribution in [3.63, 3.8) is 0 Å². The molecule has 0 bridgehead atoms. The van der Waals surface area contributed by atoms with E-state index in [1.807, 2.05) is 25.1 Å². The Balaban J connectivity index is 1.41. The Hall–Kier alpha value is -3.92. The molecule has 4 heterocycles. The highest BCUT2D eigenvalue weighted by Crippen LogP contribution is 2.54. The standard InChI is InChI=1S/C26H25N3O7/c1-2-13-3-5-16-15(9-13)26(25(34)27-16)22-21(17(28-26)6-8-20(30)31)23(32)29(24(22)33)11-14-4-7-18-19(10-14)36-12-35-18/h3-5,7,9-10,17,21-22,28H,2,6,8,11-12H2,1H3,(H,27,34)(H,30,31)/t17-,21-,22-,26-/m1/s1. The van der Waals surface area contributed by atoms with Gasteiger partial charge in [-0.2, -0.15) is 0 Å². The fourth-order valence-electron chi connectivity index (χ4n) is 6.03. The molecule has 2 aromatic carbocycles. The van der Waals surface area contributed by atoms with Crippen molar-refractivity contribution in [2.45, 2.75) is 44.3 Å². The van der Waals surface area contributed by atoms with E-state index in [2.05, 4.69) is 10.6 Å². The number of carbonyl (C=O) groups excluding carboxylic acids is 3. The molecule has 0 aliphatic carbocycles. The van der Waals surface area contributed by atoms with Crippen LogP contribution in [-0.2, 0) is 37.7 Å². The van der Waals surface area contributed by atoms with Gasteiger partial charge in [0.25, 0.3) is 0 Å². The number of aliphatic carboxylic acids is 1. The monoisotopic (exact) mass is 491 g/mol. The number of benzene rings is 2. The zero-order valence-corrected chi connectivity index (χ0v) is 19.6. The maximum atomic E-state index is 13.9. The molecule has 3 amide bonds. The van der Waals surface area contributed by atoms with Crippen LogP contribution in [0.15, 0.2) is 36.4 Å². The second-order valence-electron chi connectivity index (χ2n) is 9.63. The Labute approximate surface area is 206 Å². The van der Waals surface area contributed by atoms with Crippen molar-refractivity contribution in [3.05, 3.63) is 53.1 Å². The van der Waals surface area contributed by atoms with E-state index < -0.39 is 47.1 Å². The van der Waals surface area contributed by atoms with Gasteiger partial charge >= 0.3 is 5.97 Å². The minimum absolute atomic E-state index is 0.0204. The molecule has 36 heavy (non-hydrogen) atoms. The quantitative estimate of drug-likeness (QED) is 0.521. The number of aryl methyl sites for hydroxylation is 1. The van der Waals surface area contributed by atoms with Crippen molar-refractivity contribution in [1.82, 2.24) is 10.2 Å². The molecule has 186 valence electrons. The number of imide groups is 1. The van der Waals surface area contributed by atoms with Crippen LogP contribution in [0.3, 0.4) is 0 Å². The van der Waals surface area contributed by atoms with Crippen molar-refractivity contribution in [1.29, 1.82) is 0 Å². The van der Waals surface area contributed by atoms with Crippen LogP contribution in [0.25, 0.3) is 0 Å². The second-order valence-corrected chi connectivity index (χ2v) is 9.63. The van der Waals surface area contributed by atoms with E-state index in [4.69, 9.17) is 9.47 Å². The molecule has 2 saturated heterocycles. The smallest absolute Gasteiger partial charge is 0.303 e. The van der Waals surface area contributed by atoms with Crippen LogP contribution in [0, 0.1) is 11.8 Å². The normalized spacial score (nSPS) is 27.5. The topological polar surface area (TPSA) is 134 Å². The van der Waals surface area contributed by atoms with Crippen LogP contribution in [0.4, 0.5) is 5.69 Å². The molecule has 6 rings (SSSR count). The van der Waals surface area contributed by atoms with Crippen LogP contribution >= 0.6 is 0 Å². The van der Waals surface area contributed by atoms with Crippen LogP contribution in [0.2, 0.25) is 0 Å². The van der Waals surface area contributed by atoms with E-state index in [0.29, 0.717) is 28.3 Å². The van der Waals surface area contributed by atoms with Gasteiger partial charge in [-0.05, 0) is 42.2 Å². The number of rotatable bonds is 6. The summed E-state index contributed by atoms with van der Waals surface area (Å²) in [4.78, 5) is 53.7. The lowest BCUT2D eigenvalue weighted by Crippen LogP contribution is -2.53. The van der Waals surface area contributed by atoms with Crippen molar-refractivity contribution >= 4 is 29.4 Å². The number of hydrogen-bond acceptors (Lipinski definition) is 7. The third kappa shape index (κ3) is 3.13. The van der Waals surface area contributed by atoms with Crippen LogP contribution < -0.4 is 20.1 Å². The summed E-state index contributed by atoms with van der Waals surface area (Å²) in [5, 5.41) is 15.5. The molecule has 0 unspecified atom stereocenters. The Kier molecular flexibility index (Phi) is 5.04. The number of carboxylic acids is 1. The number of fused-ring (bicyclic) bond motifs is 5. The maximum absolute atomic E-state index is 13.9. The number of hydrogen-bond donors (Lipinski definition) is 3. The van der Waals surface area contributed by atoms with Gasteiger partial charge in [0, 0.05) is 23.7 Å². The molecule has 10 heteroatoms. The van der Waals surface area contributed by atoms with Crippen LogP contribution in [-0.4, -0.2) is 46.5 Å². The lowest BCUT2D eigenvalue weighted by atomic mass is 9.76. The molecule has 0 radical (unpaired) electrons. The number of nitrogens with zero attached hydrogens (tertiary/aromatic N) is 1. The van der Waals surface area contributed by atoms with Gasteiger partial charge in [0.1, 0.15) is 5.54 Å². The Morgan fingerprint density at radius 3 is 2.64 bits per heavy atom. The molecule has 0 aromatic heterocycles. The van der Waals surface area contributed by atoms with Crippen molar-refractivity contribution in [2.24, 2.45) is 11.8 Å². The molecule has 4 aliphatic heterocycles. The average Bonchev–Trinajstić information content (AvgIpc) is 3.59. The number of carbonyl (C=O) groups is 4. The lowest BCUT2D eigenvalue weighted by molar-refractivity contribution is -0.144. The maximum Gasteiger partial charge on any atom is 0.303 e. The highest BCUT2D eigenvalue weighted by molar-refractivity contribution is 6.15. The third-order valence-corrected chi connectivity index (χ3v) is 7.73. The lowest BCUT2D eigenvalue weighted by Gasteiger charge is -2.29. The SMILES string of the molecule is CCc1ccc2c(c1)[C@]1(N[C@H](CCC(=O)O)[C@H]3C(=O)N(Cc4ccc5c(c4)OCO5)C(=O)[C@@H]31)C(=O)N2. The predicted octanol–water partition coefficient (Wildman–Crippen LogP) is 1.76. The molecule has 1 spiro atoms. The van der Waals surface area contributed by atoms with Crippen LogP contribution in [0.1, 0.15) is 36.5 Å². The van der Waals surface area contributed by atoms with Gasteiger partial charge in [0.05, 0.1) is 18.4 Å². The van der Waals surface area contributed by atoms with Crippen LogP contribution in [0.5, 0.6) is 11.5 Å². The zero-order valence-electron chi connectivity index (χ0n) is 19.6. The number of anilines is 1. The first-order chi connectivity index (χ1) is 17.3. The predicted molar refractivity (Wildman–Crippen MR) is 125 cm³/mol. The van der Waals surface area contributed by atoms with Gasteiger partial charge in [0.2, 0.25) is 24.5 Å². The number of amides is 3. The number of ether oxygens (including phenoxy) is 2. The molecule has 2 aromatic rings. The van der Waals surface area contributed by atoms with E-state index >= 15 is 0 Å². The second kappa shape index (κ2) is 8.06. The van der Waals surface area contributed by atoms with E-state index in [0.717, 1.165) is 12.0 Å². The Morgan fingerprint density at radius 2 is 1.86 bits per heavy atom. The summed E-state index contributed by atoms with van der Waals surface area (Å²) >= 11 is 0. The highest BCUT2D eigenvalue weighted by Gasteiger charge is 2.70. The first kappa shape index (κ1) is 22.5. The zero-order chi connectivity index (χ0) is 25.2. The summed E-state index contributed by atoms with van der Waals surface area (Å²) < 4.78 is 10.8. The summed E-state index contributed by atoms with van der Waals surface area (Å²) in [5.41, 5.74) is 1.47. The van der Waals surface area contributed by atoms with E-state index in [1.54, 1.807) is 18.2 Å². The minimum atomic E-state index is -1.44. The summed E-state index contributed by atoms with van der Waals surface area (Å²) in [7, 11) is 0. The number of likely N-dealkylation sites (tertiary alicyclic amines) is 1. The third-order valence-electron chi connectivity index (χ3n) is 7.73. The highest BCUT2D eigenvalue weighted by atomic mass is 16.7. The summed E-state index contributed by atoms with van der Waals surface area (Å²) in [6.45, 7) is 2.13. The molecule has 4 atom stereocenters. The first-order valence-electron chi connectivity index (χ1n) is 12.0. The molecular formula is C26H25N3O7. The van der Waals surface area contributed by atoms with Gasteiger partial charge in [-0.25, -0.2) is 0 Å². The summed E-state index contributed by atoms with van der Waals surface area (Å²) in [5.74, 6) is -2.96. The molecule has 0 saturated carbocycles. The number of nitrogens with one attached hydrogen (secondary N) is 2. The van der Waals surface area contributed by atoms with Gasteiger partial charge in [0.15, 0.2) is 11.5 Å². The fourth-order valence-corrected chi connectivity index (χ4v) is 6.03. The largest absolute Gasteiger partial charge is 0.481 e. The van der Waals surface area contributed by atoms with Gasteiger partial charge < -0.3 is 19.9 Å². The van der Waals surface area contributed by atoms with E-state index in [9.17, 15) is 24.3 Å². The van der Waals surface area contributed by atoms with Gasteiger partial charge in [-0.15, -0.1) is 0 Å². The van der Waals surface area contributed by atoms with Crippen molar-refractivity contribution in [3.8, 4) is 11.5 Å². The van der Waals surface area contributed by atoms with Crippen molar-refractivity contribution in [2.75, 3.05) is 12.1 Å². The fraction of sp³-hybridized carbons (Fsp3) is 0.385. The number of carboxylic acid groups (broad SMARTS) is 1. The van der Waals surface area contributed by atoms with E-state index in [-0.39, 0.29) is 26.2 Å². The molecule has 2 fully saturated rings. The van der Waals surface area contributed by atoms with Crippen molar-refractivity contribution < 1.29 is 33.8 Å². The molecule has 4 aliphatic rings. The minimum Gasteiger partial charge on any atom is -0.481 e. The summed E-state index contributed by atoms with van der Waals surface area (Å²) in [6, 6.07) is 10.2. The molecule has 3 N–H and O–H groups in total. The molecule has 10 nitrogen and oxygen atoms in total. The molecular weight excluding hydrogens is 466 g/mol. The van der Waals surface area contributed by atoms with Gasteiger partial charge in [-0.3, -0.25) is 29.4 Å².